The van der Waals surface area contributed by atoms with Gasteiger partial charge in [0, 0.05) is 30.1 Å². The topological polar surface area (TPSA) is 28.2 Å². The van der Waals surface area contributed by atoms with E-state index in [0.29, 0.717) is 5.92 Å². The van der Waals surface area contributed by atoms with Crippen LogP contribution in [0.2, 0.25) is 0 Å². The number of hydrogen-bond donors (Lipinski definition) is 1. The summed E-state index contributed by atoms with van der Waals surface area (Å²) in [6, 6.07) is 1.54. The summed E-state index contributed by atoms with van der Waals surface area (Å²) in [4.78, 5) is 8.80. The van der Waals surface area contributed by atoms with E-state index in [2.05, 4.69) is 31.0 Å². The first-order valence-electron chi connectivity index (χ1n) is 7.60. The van der Waals surface area contributed by atoms with Crippen molar-refractivity contribution in [2.75, 3.05) is 11.4 Å². The van der Waals surface area contributed by atoms with E-state index in [0.717, 1.165) is 25.2 Å². The maximum Gasteiger partial charge on any atom is 0.186 e. The van der Waals surface area contributed by atoms with Gasteiger partial charge in [-0.05, 0) is 38.5 Å². The number of thiazole rings is 1. The normalized spacial score (nSPS) is 19.2. The van der Waals surface area contributed by atoms with Crippen LogP contribution in [-0.2, 0) is 6.54 Å². The molecule has 1 aromatic rings. The van der Waals surface area contributed by atoms with E-state index >= 15 is 0 Å². The van der Waals surface area contributed by atoms with Gasteiger partial charge in [-0.1, -0.05) is 13.8 Å². The fourth-order valence-corrected chi connectivity index (χ4v) is 3.48. The highest BCUT2D eigenvalue weighted by Crippen LogP contribution is 2.36. The third-order valence-electron chi connectivity index (χ3n) is 3.81. The highest BCUT2D eigenvalue weighted by molar-refractivity contribution is 7.15. The van der Waals surface area contributed by atoms with E-state index in [1.54, 1.807) is 0 Å². The Kier molecular flexibility index (Phi) is 3.81. The summed E-state index contributed by atoms with van der Waals surface area (Å²) in [6.07, 6.45) is 5.40. The Morgan fingerprint density at radius 2 is 2.05 bits per heavy atom. The van der Waals surface area contributed by atoms with Gasteiger partial charge in [0.1, 0.15) is 0 Å². The molecule has 0 unspecified atom stereocenters. The number of nitrogens with zero attached hydrogens (tertiary/aromatic N) is 2. The molecule has 0 atom stereocenters. The zero-order valence-electron chi connectivity index (χ0n) is 12.3. The minimum atomic E-state index is 0.706. The molecule has 0 aromatic carbocycles. The van der Waals surface area contributed by atoms with Crippen molar-refractivity contribution in [3.63, 3.8) is 0 Å². The first-order chi connectivity index (χ1) is 9.13. The van der Waals surface area contributed by atoms with Crippen LogP contribution in [0.25, 0.3) is 0 Å². The first kappa shape index (κ1) is 13.4. The molecule has 1 N–H and O–H groups in total. The smallest absolute Gasteiger partial charge is 0.186 e. The van der Waals surface area contributed by atoms with Gasteiger partial charge < -0.3 is 10.2 Å². The van der Waals surface area contributed by atoms with E-state index < -0.39 is 0 Å². The van der Waals surface area contributed by atoms with E-state index in [-0.39, 0.29) is 0 Å². The second-order valence-corrected chi connectivity index (χ2v) is 7.50. The molecule has 3 nitrogen and oxygen atoms in total. The fraction of sp³-hybridized carbons (Fsp3) is 0.800. The second kappa shape index (κ2) is 5.41. The maximum absolute atomic E-state index is 4.83. The Bertz CT molecular complexity index is 433. The largest absolute Gasteiger partial charge is 0.345 e. The molecule has 0 saturated heterocycles. The van der Waals surface area contributed by atoms with Crippen LogP contribution < -0.4 is 10.2 Å². The van der Waals surface area contributed by atoms with Crippen molar-refractivity contribution in [2.45, 2.75) is 65.1 Å². The summed E-state index contributed by atoms with van der Waals surface area (Å²) < 4.78 is 0. The predicted octanol–water partition coefficient (Wildman–Crippen LogP) is 3.33. The Hall–Kier alpha value is -0.610. The Morgan fingerprint density at radius 1 is 1.32 bits per heavy atom. The van der Waals surface area contributed by atoms with Crippen LogP contribution >= 0.6 is 11.3 Å². The predicted molar refractivity (Wildman–Crippen MR) is 81.9 cm³/mol. The molecule has 2 aliphatic rings. The van der Waals surface area contributed by atoms with Crippen molar-refractivity contribution in [1.82, 2.24) is 10.3 Å². The summed E-state index contributed by atoms with van der Waals surface area (Å²) in [6.45, 7) is 8.91. The number of nitrogens with one attached hydrogen (secondary N) is 1. The van der Waals surface area contributed by atoms with Gasteiger partial charge in [0.15, 0.2) is 5.13 Å². The summed E-state index contributed by atoms with van der Waals surface area (Å²) in [5.41, 5.74) is 1.22. The lowest BCUT2D eigenvalue weighted by atomic mass is 10.2. The van der Waals surface area contributed by atoms with Gasteiger partial charge in [-0.2, -0.15) is 0 Å². The molecular weight excluding hydrogens is 254 g/mol. The molecule has 0 aliphatic heterocycles. The van der Waals surface area contributed by atoms with Gasteiger partial charge in [0.05, 0.1) is 5.69 Å². The average molecular weight is 279 g/mol. The molecule has 0 amide bonds. The summed E-state index contributed by atoms with van der Waals surface area (Å²) >= 11 is 1.90. The number of anilines is 1. The zero-order chi connectivity index (χ0) is 13.4. The molecule has 106 valence electrons. The van der Waals surface area contributed by atoms with Crippen LogP contribution in [-0.4, -0.2) is 23.6 Å². The van der Waals surface area contributed by atoms with Crippen molar-refractivity contribution < 1.29 is 0 Å². The third kappa shape index (κ3) is 3.48. The standard InChI is InChI=1S/C15H25N3S/c1-10(2)9-18(13-6-7-13)15-17-11(3)14(19-15)8-16-12-4-5-12/h10,12-13,16H,4-9H2,1-3H3. The lowest BCUT2D eigenvalue weighted by molar-refractivity contribution is 0.606. The van der Waals surface area contributed by atoms with Gasteiger partial charge in [0.2, 0.25) is 0 Å². The van der Waals surface area contributed by atoms with Gasteiger partial charge >= 0.3 is 0 Å². The van der Waals surface area contributed by atoms with Crippen LogP contribution in [0.4, 0.5) is 5.13 Å². The van der Waals surface area contributed by atoms with Crippen LogP contribution in [0.3, 0.4) is 0 Å². The monoisotopic (exact) mass is 279 g/mol. The third-order valence-corrected chi connectivity index (χ3v) is 5.00. The molecule has 2 saturated carbocycles. The van der Waals surface area contributed by atoms with Crippen LogP contribution in [0.5, 0.6) is 0 Å². The molecule has 2 aliphatic carbocycles. The Balaban J connectivity index is 1.69. The first-order valence-corrected chi connectivity index (χ1v) is 8.41. The van der Waals surface area contributed by atoms with E-state index in [1.165, 1.54) is 41.4 Å². The minimum Gasteiger partial charge on any atom is -0.345 e. The number of rotatable bonds is 7. The molecule has 0 radical (unpaired) electrons. The van der Waals surface area contributed by atoms with Gasteiger partial charge in [-0.3, -0.25) is 0 Å². The van der Waals surface area contributed by atoms with E-state index in [9.17, 15) is 0 Å². The van der Waals surface area contributed by atoms with Crippen molar-refractivity contribution in [3.05, 3.63) is 10.6 Å². The van der Waals surface area contributed by atoms with Gasteiger partial charge in [-0.25, -0.2) is 4.98 Å². The summed E-state index contributed by atoms with van der Waals surface area (Å²) in [5.74, 6) is 0.706. The van der Waals surface area contributed by atoms with Gasteiger partial charge in [-0.15, -0.1) is 11.3 Å². The highest BCUT2D eigenvalue weighted by atomic mass is 32.1. The highest BCUT2D eigenvalue weighted by Gasteiger charge is 2.31. The molecule has 1 aromatic heterocycles. The van der Waals surface area contributed by atoms with Crippen molar-refractivity contribution in [1.29, 1.82) is 0 Å². The van der Waals surface area contributed by atoms with Gasteiger partial charge in [0.25, 0.3) is 0 Å². The Labute approximate surface area is 120 Å². The number of aryl methyl sites for hydroxylation is 1. The Morgan fingerprint density at radius 3 is 2.63 bits per heavy atom. The van der Waals surface area contributed by atoms with Crippen molar-refractivity contribution >= 4 is 16.5 Å². The molecule has 2 fully saturated rings. The van der Waals surface area contributed by atoms with Crippen molar-refractivity contribution in [3.8, 4) is 0 Å². The maximum atomic E-state index is 4.83. The summed E-state index contributed by atoms with van der Waals surface area (Å²) in [7, 11) is 0. The lowest BCUT2D eigenvalue weighted by Crippen LogP contribution is -2.29. The molecule has 4 heteroatoms. The molecule has 1 heterocycles. The second-order valence-electron chi connectivity index (χ2n) is 6.44. The molecule has 3 rings (SSSR count). The van der Waals surface area contributed by atoms with Crippen LogP contribution in [0.15, 0.2) is 0 Å². The summed E-state index contributed by atoms with van der Waals surface area (Å²) in [5, 5.41) is 4.85. The van der Waals surface area contributed by atoms with E-state index in [4.69, 9.17) is 4.98 Å². The molecule has 0 spiro atoms. The average Bonchev–Trinajstić information content (AvgIpc) is 3.23. The number of hydrogen-bond acceptors (Lipinski definition) is 4. The van der Waals surface area contributed by atoms with Crippen molar-refractivity contribution in [2.24, 2.45) is 5.92 Å². The lowest BCUT2D eigenvalue weighted by Gasteiger charge is -2.23. The zero-order valence-corrected chi connectivity index (χ0v) is 13.1. The molecule has 0 bridgehead atoms. The number of aromatic nitrogens is 1. The molecule has 19 heavy (non-hydrogen) atoms. The van der Waals surface area contributed by atoms with Crippen LogP contribution in [0.1, 0.15) is 50.1 Å². The van der Waals surface area contributed by atoms with Crippen LogP contribution in [0, 0.1) is 12.8 Å². The van der Waals surface area contributed by atoms with E-state index in [1.807, 2.05) is 11.3 Å². The molecular formula is C15H25N3S. The fourth-order valence-electron chi connectivity index (χ4n) is 2.39. The SMILES string of the molecule is Cc1nc(N(CC(C)C)C2CC2)sc1CNC1CC1. The minimum absolute atomic E-state index is 0.706. The quantitative estimate of drug-likeness (QED) is 0.830.